The van der Waals surface area contributed by atoms with Crippen LogP contribution in [0.4, 0.5) is 0 Å². The van der Waals surface area contributed by atoms with E-state index in [1.807, 2.05) is 20.8 Å². The summed E-state index contributed by atoms with van der Waals surface area (Å²) >= 11 is 0. The fraction of sp³-hybridized carbons (Fsp3) is 1.00. The lowest BCUT2D eigenvalue weighted by atomic mass is 9.83. The smallest absolute Gasteiger partial charge is 0.286 e. The Morgan fingerprint density at radius 2 is 1.22 bits per heavy atom. The highest BCUT2D eigenvalue weighted by molar-refractivity contribution is 4.78. The Bertz CT molecular complexity index is 292. The van der Waals surface area contributed by atoms with E-state index in [1.54, 1.807) is 0 Å². The van der Waals surface area contributed by atoms with E-state index in [0.717, 1.165) is 32.5 Å². The fourth-order valence-electron chi connectivity index (χ4n) is 3.78. The highest BCUT2D eigenvalue weighted by atomic mass is 16.9. The molecule has 4 heteroatoms. The van der Waals surface area contributed by atoms with Crippen LogP contribution in [-0.4, -0.2) is 39.0 Å². The third-order valence-corrected chi connectivity index (χ3v) is 5.09. The van der Waals surface area contributed by atoms with Crippen LogP contribution in [0.1, 0.15) is 99.3 Å². The largest absolute Gasteiger partial charge is 0.381 e. The minimum absolute atomic E-state index is 0.216. The molecule has 0 aliphatic carbocycles. The molecule has 0 aromatic carbocycles. The quantitative estimate of drug-likeness (QED) is 0.175. The Morgan fingerprint density at radius 3 is 1.74 bits per heavy atom. The number of unbranched alkanes of at least 4 members (excludes halogenated alkanes) is 4. The second kappa shape index (κ2) is 17.9. The Kier molecular flexibility index (Phi) is 17.8. The first-order valence-corrected chi connectivity index (χ1v) is 11.6. The first-order valence-electron chi connectivity index (χ1n) is 11.6. The van der Waals surface area contributed by atoms with E-state index in [4.69, 9.17) is 18.9 Å². The molecule has 0 heterocycles. The molecule has 27 heavy (non-hydrogen) atoms. The second-order valence-electron chi connectivity index (χ2n) is 7.44. The average molecular weight is 389 g/mol. The highest BCUT2D eigenvalue weighted by Gasteiger charge is 2.44. The topological polar surface area (TPSA) is 36.9 Å². The molecule has 0 aromatic rings. The summed E-state index contributed by atoms with van der Waals surface area (Å²) in [5.74, 6) is -0.220. The van der Waals surface area contributed by atoms with Crippen molar-refractivity contribution in [3.63, 3.8) is 0 Å². The Balaban J connectivity index is 5.01. The average Bonchev–Trinajstić information content (AvgIpc) is 2.65. The molecule has 0 aliphatic heterocycles. The molecule has 0 bridgehead atoms. The molecular weight excluding hydrogens is 340 g/mol. The number of ether oxygens (including phenoxy) is 4. The lowest BCUT2D eigenvalue weighted by Gasteiger charge is -2.42. The minimum Gasteiger partial charge on any atom is -0.381 e. The maximum atomic E-state index is 6.13. The molecular formula is C23H48O4. The Labute approximate surface area is 169 Å². The summed E-state index contributed by atoms with van der Waals surface area (Å²) in [6.45, 7) is 16.2. The number of hydrogen-bond acceptors (Lipinski definition) is 4. The normalized spacial score (nSPS) is 14.4. The van der Waals surface area contributed by atoms with Crippen molar-refractivity contribution in [2.75, 3.05) is 33.0 Å². The van der Waals surface area contributed by atoms with Crippen molar-refractivity contribution in [1.29, 1.82) is 0 Å². The van der Waals surface area contributed by atoms with Crippen LogP contribution in [0.5, 0.6) is 0 Å². The summed E-state index contributed by atoms with van der Waals surface area (Å²) in [4.78, 5) is 0. The zero-order valence-electron chi connectivity index (χ0n) is 19.2. The molecule has 0 N–H and O–H groups in total. The summed E-state index contributed by atoms with van der Waals surface area (Å²) < 4.78 is 24.1. The molecule has 0 aromatic heterocycles. The standard InChI is InChI=1S/C23H48O4/c1-7-12-13-14-15-17-21(6)22(18-16-20-24-19-8-2)23(25-9-3,26-10-4)27-11-5/h21-22H,7-20H2,1-6H3. The van der Waals surface area contributed by atoms with E-state index in [9.17, 15) is 0 Å². The third-order valence-electron chi connectivity index (χ3n) is 5.09. The molecule has 4 nitrogen and oxygen atoms in total. The highest BCUT2D eigenvalue weighted by Crippen LogP contribution is 2.37. The van der Waals surface area contributed by atoms with Crippen LogP contribution in [0, 0.1) is 11.8 Å². The van der Waals surface area contributed by atoms with Gasteiger partial charge in [0.05, 0.1) is 0 Å². The van der Waals surface area contributed by atoms with Gasteiger partial charge >= 0.3 is 0 Å². The monoisotopic (exact) mass is 388 g/mol. The van der Waals surface area contributed by atoms with E-state index < -0.39 is 5.97 Å². The first kappa shape index (κ1) is 26.8. The summed E-state index contributed by atoms with van der Waals surface area (Å²) in [7, 11) is 0. The SMILES string of the molecule is CCCCCCCC(C)C(CCCOCCC)C(OCC)(OCC)OCC. The summed E-state index contributed by atoms with van der Waals surface area (Å²) in [5.41, 5.74) is 0. The molecule has 0 fully saturated rings. The maximum absolute atomic E-state index is 6.13. The van der Waals surface area contributed by atoms with Crippen LogP contribution in [0.15, 0.2) is 0 Å². The minimum atomic E-state index is -0.925. The van der Waals surface area contributed by atoms with Gasteiger partial charge in [-0.2, -0.15) is 0 Å². The van der Waals surface area contributed by atoms with Crippen molar-refractivity contribution in [2.45, 2.75) is 105 Å². The van der Waals surface area contributed by atoms with Crippen LogP contribution < -0.4 is 0 Å². The van der Waals surface area contributed by atoms with Crippen molar-refractivity contribution in [1.82, 2.24) is 0 Å². The summed E-state index contributed by atoms with van der Waals surface area (Å²) in [5, 5.41) is 0. The fourth-order valence-corrected chi connectivity index (χ4v) is 3.78. The van der Waals surface area contributed by atoms with Crippen molar-refractivity contribution >= 4 is 0 Å². The lowest BCUT2D eigenvalue weighted by Crippen LogP contribution is -2.49. The molecule has 0 aliphatic rings. The molecule has 0 saturated carbocycles. The van der Waals surface area contributed by atoms with Gasteiger partial charge in [-0.05, 0) is 46.0 Å². The van der Waals surface area contributed by atoms with Gasteiger partial charge in [0.15, 0.2) is 0 Å². The van der Waals surface area contributed by atoms with Crippen molar-refractivity contribution < 1.29 is 18.9 Å². The lowest BCUT2D eigenvalue weighted by molar-refractivity contribution is -0.408. The van der Waals surface area contributed by atoms with E-state index in [-0.39, 0.29) is 5.92 Å². The van der Waals surface area contributed by atoms with Crippen LogP contribution in [0.3, 0.4) is 0 Å². The van der Waals surface area contributed by atoms with E-state index in [0.29, 0.717) is 25.7 Å². The van der Waals surface area contributed by atoms with Crippen LogP contribution in [0.2, 0.25) is 0 Å². The van der Waals surface area contributed by atoms with Gasteiger partial charge in [0.1, 0.15) is 0 Å². The number of hydrogen-bond donors (Lipinski definition) is 0. The maximum Gasteiger partial charge on any atom is 0.286 e. The predicted octanol–water partition coefficient (Wildman–Crippen LogP) is 6.57. The van der Waals surface area contributed by atoms with Crippen molar-refractivity contribution in [3.8, 4) is 0 Å². The van der Waals surface area contributed by atoms with Crippen LogP contribution in [0.25, 0.3) is 0 Å². The number of rotatable bonds is 20. The van der Waals surface area contributed by atoms with Gasteiger partial charge in [0, 0.05) is 39.0 Å². The summed E-state index contributed by atoms with van der Waals surface area (Å²) in [6.07, 6.45) is 10.8. The van der Waals surface area contributed by atoms with Crippen molar-refractivity contribution in [2.24, 2.45) is 11.8 Å². The van der Waals surface area contributed by atoms with E-state index in [1.165, 1.54) is 38.5 Å². The zero-order chi connectivity index (χ0) is 20.4. The first-order chi connectivity index (χ1) is 13.1. The van der Waals surface area contributed by atoms with Gasteiger partial charge in [0.2, 0.25) is 0 Å². The zero-order valence-corrected chi connectivity index (χ0v) is 19.2. The molecule has 2 unspecified atom stereocenters. The molecule has 0 radical (unpaired) electrons. The summed E-state index contributed by atoms with van der Waals surface area (Å²) in [6, 6.07) is 0. The molecule has 2 atom stereocenters. The Morgan fingerprint density at radius 1 is 0.630 bits per heavy atom. The second-order valence-corrected chi connectivity index (χ2v) is 7.44. The molecule has 0 rings (SSSR count). The molecule has 164 valence electrons. The van der Waals surface area contributed by atoms with Gasteiger partial charge in [-0.25, -0.2) is 0 Å². The van der Waals surface area contributed by atoms with E-state index >= 15 is 0 Å². The van der Waals surface area contributed by atoms with Gasteiger partial charge < -0.3 is 18.9 Å². The van der Waals surface area contributed by atoms with E-state index in [2.05, 4.69) is 20.8 Å². The molecule has 0 saturated heterocycles. The van der Waals surface area contributed by atoms with Gasteiger partial charge in [-0.15, -0.1) is 0 Å². The predicted molar refractivity (Wildman–Crippen MR) is 114 cm³/mol. The third kappa shape index (κ3) is 11.4. The van der Waals surface area contributed by atoms with Gasteiger partial charge in [-0.1, -0.05) is 59.3 Å². The van der Waals surface area contributed by atoms with Crippen LogP contribution in [-0.2, 0) is 18.9 Å². The molecule has 0 amide bonds. The van der Waals surface area contributed by atoms with Gasteiger partial charge in [0.25, 0.3) is 5.97 Å². The Hall–Kier alpha value is -0.160. The molecule has 0 spiro atoms. The van der Waals surface area contributed by atoms with Gasteiger partial charge in [-0.3, -0.25) is 0 Å². The van der Waals surface area contributed by atoms with Crippen LogP contribution >= 0.6 is 0 Å². The van der Waals surface area contributed by atoms with Crippen molar-refractivity contribution in [3.05, 3.63) is 0 Å².